The van der Waals surface area contributed by atoms with Gasteiger partial charge in [-0.25, -0.2) is 0 Å². The molecule has 0 aliphatic carbocycles. The molecule has 0 aliphatic rings. The minimum absolute atomic E-state index is 0.104. The zero-order chi connectivity index (χ0) is 15.2. The van der Waals surface area contributed by atoms with Crippen LogP contribution in [0.15, 0.2) is 48.5 Å². The molecule has 2 aromatic rings. The van der Waals surface area contributed by atoms with Gasteiger partial charge >= 0.3 is 0 Å². The lowest BCUT2D eigenvalue weighted by Crippen LogP contribution is -2.31. The summed E-state index contributed by atoms with van der Waals surface area (Å²) in [4.78, 5) is 13.7. The molecule has 5 heteroatoms. The molecule has 0 unspecified atom stereocenters. The topological polar surface area (TPSA) is 29.5 Å². The predicted octanol–water partition coefficient (Wildman–Crippen LogP) is 4.03. The molecule has 110 valence electrons. The Kier molecular flexibility index (Phi) is 5.48. The first kappa shape index (κ1) is 15.7. The van der Waals surface area contributed by atoms with Crippen LogP contribution in [-0.4, -0.2) is 24.5 Å². The highest BCUT2D eigenvalue weighted by Gasteiger charge is 2.13. The van der Waals surface area contributed by atoms with E-state index in [1.165, 1.54) is 0 Å². The third-order valence-corrected chi connectivity index (χ3v) is 3.54. The molecule has 0 aliphatic heterocycles. The number of carbonyl (C=O) groups excluding carboxylic acids is 1. The van der Waals surface area contributed by atoms with E-state index in [1.807, 2.05) is 30.3 Å². The van der Waals surface area contributed by atoms with Crippen LogP contribution in [0.5, 0.6) is 5.75 Å². The predicted molar refractivity (Wildman–Crippen MR) is 84.9 cm³/mol. The molecule has 0 radical (unpaired) electrons. The Hall–Kier alpha value is -1.71. The number of benzene rings is 2. The summed E-state index contributed by atoms with van der Waals surface area (Å²) in [7, 11) is 1.73. The molecule has 0 saturated carbocycles. The van der Waals surface area contributed by atoms with Crippen molar-refractivity contribution in [3.63, 3.8) is 0 Å². The summed E-state index contributed by atoms with van der Waals surface area (Å²) < 4.78 is 5.43. The molecular formula is C16H15Cl2NO2. The van der Waals surface area contributed by atoms with Gasteiger partial charge in [0.1, 0.15) is 0 Å². The number of ether oxygens (including phenoxy) is 1. The van der Waals surface area contributed by atoms with E-state index in [-0.39, 0.29) is 12.5 Å². The molecule has 0 saturated heterocycles. The maximum atomic E-state index is 12.1. The van der Waals surface area contributed by atoms with Gasteiger partial charge in [-0.2, -0.15) is 0 Å². The zero-order valence-electron chi connectivity index (χ0n) is 11.6. The number of halogens is 2. The first-order valence-electron chi connectivity index (χ1n) is 6.42. The van der Waals surface area contributed by atoms with Gasteiger partial charge in [-0.1, -0.05) is 59.6 Å². The number of nitrogens with zero attached hydrogens (tertiary/aromatic N) is 1. The number of rotatable bonds is 5. The number of carbonyl (C=O) groups is 1. The molecule has 1 amide bonds. The van der Waals surface area contributed by atoms with E-state index >= 15 is 0 Å². The van der Waals surface area contributed by atoms with Gasteiger partial charge in [0.2, 0.25) is 0 Å². The van der Waals surface area contributed by atoms with E-state index in [2.05, 4.69) is 0 Å². The second-order valence-corrected chi connectivity index (χ2v) is 5.39. The molecule has 0 aromatic heterocycles. The van der Waals surface area contributed by atoms with E-state index in [0.717, 1.165) is 5.56 Å². The zero-order valence-corrected chi connectivity index (χ0v) is 13.1. The van der Waals surface area contributed by atoms with Crippen LogP contribution in [0.2, 0.25) is 10.0 Å². The molecule has 3 nitrogen and oxygen atoms in total. The summed E-state index contributed by atoms with van der Waals surface area (Å²) in [5.74, 6) is 0.192. The number of hydrogen-bond donors (Lipinski definition) is 0. The first-order chi connectivity index (χ1) is 10.1. The van der Waals surface area contributed by atoms with Crippen molar-refractivity contribution in [3.8, 4) is 5.75 Å². The van der Waals surface area contributed by atoms with E-state index in [0.29, 0.717) is 22.3 Å². The molecule has 2 aromatic carbocycles. The van der Waals surface area contributed by atoms with Crippen molar-refractivity contribution >= 4 is 29.1 Å². The van der Waals surface area contributed by atoms with E-state index in [4.69, 9.17) is 27.9 Å². The lowest BCUT2D eigenvalue weighted by molar-refractivity contribution is -0.132. The summed E-state index contributed by atoms with van der Waals surface area (Å²) >= 11 is 12.0. The van der Waals surface area contributed by atoms with Crippen LogP contribution in [0.4, 0.5) is 0 Å². The van der Waals surface area contributed by atoms with Crippen molar-refractivity contribution in [2.24, 2.45) is 0 Å². The van der Waals surface area contributed by atoms with E-state index < -0.39 is 0 Å². The number of likely N-dealkylation sites (N-methyl/N-ethyl adjacent to an activating group) is 1. The van der Waals surface area contributed by atoms with Gasteiger partial charge in [0, 0.05) is 13.6 Å². The summed E-state index contributed by atoms with van der Waals surface area (Å²) in [6.07, 6.45) is 0. The van der Waals surface area contributed by atoms with E-state index in [9.17, 15) is 4.79 Å². The number of para-hydroxylation sites is 1. The lowest BCUT2D eigenvalue weighted by Gasteiger charge is -2.18. The number of hydrogen-bond acceptors (Lipinski definition) is 2. The Morgan fingerprint density at radius 2 is 1.67 bits per heavy atom. The number of amides is 1. The van der Waals surface area contributed by atoms with Crippen molar-refractivity contribution in [1.82, 2.24) is 4.90 Å². The van der Waals surface area contributed by atoms with Crippen LogP contribution in [0.3, 0.4) is 0 Å². The molecule has 0 atom stereocenters. The Balaban J connectivity index is 1.92. The first-order valence-corrected chi connectivity index (χ1v) is 7.18. The Morgan fingerprint density at radius 3 is 2.29 bits per heavy atom. The van der Waals surface area contributed by atoms with Crippen molar-refractivity contribution in [2.45, 2.75) is 6.54 Å². The fraction of sp³-hybridized carbons (Fsp3) is 0.188. The Morgan fingerprint density at radius 1 is 1.05 bits per heavy atom. The summed E-state index contributed by atoms with van der Waals surface area (Å²) in [6.45, 7) is 0.423. The third kappa shape index (κ3) is 4.38. The van der Waals surface area contributed by atoms with Crippen molar-refractivity contribution < 1.29 is 9.53 Å². The molecule has 0 heterocycles. The minimum atomic E-state index is -0.144. The standard InChI is InChI=1S/C16H15Cl2NO2/c1-19(10-12-6-3-2-4-7-12)15(20)11-21-16-13(17)8-5-9-14(16)18/h2-9H,10-11H2,1H3. The summed E-state index contributed by atoms with van der Waals surface area (Å²) in [6, 6.07) is 14.8. The van der Waals surface area contributed by atoms with Gasteiger partial charge < -0.3 is 9.64 Å². The van der Waals surface area contributed by atoms with Gasteiger partial charge in [0.15, 0.2) is 12.4 Å². The molecule has 0 fully saturated rings. The van der Waals surface area contributed by atoms with Crippen LogP contribution in [0, 0.1) is 0 Å². The second kappa shape index (κ2) is 7.34. The second-order valence-electron chi connectivity index (χ2n) is 4.57. The van der Waals surface area contributed by atoms with Gasteiger partial charge in [-0.3, -0.25) is 4.79 Å². The third-order valence-electron chi connectivity index (χ3n) is 2.95. The average Bonchev–Trinajstić information content (AvgIpc) is 2.47. The molecule has 21 heavy (non-hydrogen) atoms. The highest BCUT2D eigenvalue weighted by molar-refractivity contribution is 6.37. The highest BCUT2D eigenvalue weighted by atomic mass is 35.5. The van der Waals surface area contributed by atoms with Gasteiger partial charge in [0.25, 0.3) is 5.91 Å². The van der Waals surface area contributed by atoms with Crippen LogP contribution in [0.1, 0.15) is 5.56 Å². The molecule has 0 N–H and O–H groups in total. The Labute approximate surface area is 134 Å². The van der Waals surface area contributed by atoms with Crippen molar-refractivity contribution in [1.29, 1.82) is 0 Å². The average molecular weight is 324 g/mol. The smallest absolute Gasteiger partial charge is 0.260 e. The minimum Gasteiger partial charge on any atom is -0.481 e. The van der Waals surface area contributed by atoms with Gasteiger partial charge in [-0.05, 0) is 17.7 Å². The van der Waals surface area contributed by atoms with Gasteiger partial charge in [0.05, 0.1) is 10.0 Å². The fourth-order valence-corrected chi connectivity index (χ4v) is 2.32. The van der Waals surface area contributed by atoms with E-state index in [1.54, 1.807) is 30.1 Å². The van der Waals surface area contributed by atoms with Gasteiger partial charge in [-0.15, -0.1) is 0 Å². The van der Waals surface area contributed by atoms with Crippen LogP contribution >= 0.6 is 23.2 Å². The largest absolute Gasteiger partial charge is 0.481 e. The quantitative estimate of drug-likeness (QED) is 0.831. The van der Waals surface area contributed by atoms with Crippen molar-refractivity contribution in [3.05, 3.63) is 64.1 Å². The highest BCUT2D eigenvalue weighted by Crippen LogP contribution is 2.32. The molecule has 0 bridgehead atoms. The fourth-order valence-electron chi connectivity index (χ4n) is 1.81. The lowest BCUT2D eigenvalue weighted by atomic mass is 10.2. The van der Waals surface area contributed by atoms with Crippen LogP contribution in [0.25, 0.3) is 0 Å². The summed E-state index contributed by atoms with van der Waals surface area (Å²) in [5.41, 5.74) is 1.06. The molecular weight excluding hydrogens is 309 g/mol. The van der Waals surface area contributed by atoms with Crippen LogP contribution < -0.4 is 4.74 Å². The van der Waals surface area contributed by atoms with Crippen LogP contribution in [-0.2, 0) is 11.3 Å². The van der Waals surface area contributed by atoms with Crippen molar-refractivity contribution in [2.75, 3.05) is 13.7 Å². The molecule has 2 rings (SSSR count). The molecule has 0 spiro atoms. The SMILES string of the molecule is CN(Cc1ccccc1)C(=O)COc1c(Cl)cccc1Cl. The Bertz CT molecular complexity index is 597. The maximum Gasteiger partial charge on any atom is 0.260 e. The summed E-state index contributed by atoms with van der Waals surface area (Å²) in [5, 5.41) is 0.780. The maximum absolute atomic E-state index is 12.1. The monoisotopic (exact) mass is 323 g/mol. The normalized spacial score (nSPS) is 10.2.